The number of hydrogen-bond acceptors (Lipinski definition) is 6. The van der Waals surface area contributed by atoms with E-state index in [1.165, 1.54) is 17.1 Å². The molecule has 0 atom stereocenters. The highest BCUT2D eigenvalue weighted by Gasteiger charge is 2.11. The van der Waals surface area contributed by atoms with Crippen molar-refractivity contribution in [2.75, 3.05) is 0 Å². The van der Waals surface area contributed by atoms with Crippen LogP contribution < -0.4 is 10.3 Å². The maximum Gasteiger partial charge on any atom is 0.315 e. The summed E-state index contributed by atoms with van der Waals surface area (Å²) in [6.07, 6.45) is 2.62. The number of rotatable bonds is 0. The molecule has 14 heavy (non-hydrogen) atoms. The Bertz CT molecular complexity index is 731. The molecule has 3 rings (SSSR count). The third-order valence-corrected chi connectivity index (χ3v) is 2.74. The first-order valence-corrected chi connectivity index (χ1v) is 4.53. The summed E-state index contributed by atoms with van der Waals surface area (Å²) in [6.45, 7) is 0. The molecule has 0 amide bonds. The topological polar surface area (TPSA) is 77.2 Å². The Morgan fingerprint density at radius 1 is 1.21 bits per heavy atom. The summed E-state index contributed by atoms with van der Waals surface area (Å²) in [6, 6.07) is 0. The lowest BCUT2D eigenvalue weighted by Gasteiger charge is -1.92. The minimum Gasteiger partial charge on any atom is -0.271 e. The molecule has 0 aliphatic carbocycles. The number of aromatic nitrogens is 4. The van der Waals surface area contributed by atoms with Gasteiger partial charge in [-0.25, -0.2) is 15.0 Å². The van der Waals surface area contributed by atoms with Crippen LogP contribution in [0.5, 0.6) is 0 Å². The molecular formula is C7H2N4O2S. The van der Waals surface area contributed by atoms with Gasteiger partial charge in [-0.1, -0.05) is 11.3 Å². The van der Waals surface area contributed by atoms with Crippen LogP contribution in [-0.4, -0.2) is 19.4 Å². The van der Waals surface area contributed by atoms with Crippen LogP contribution in [0.25, 0.3) is 16.0 Å². The molecule has 0 saturated heterocycles. The van der Waals surface area contributed by atoms with Crippen molar-refractivity contribution in [2.24, 2.45) is 0 Å². The average Bonchev–Trinajstić information content (AvgIpc) is 2.60. The Morgan fingerprint density at radius 3 is 2.93 bits per heavy atom. The van der Waals surface area contributed by atoms with Crippen molar-refractivity contribution in [1.29, 1.82) is 0 Å². The first-order valence-electron chi connectivity index (χ1n) is 3.72. The van der Waals surface area contributed by atoms with Crippen LogP contribution in [0.15, 0.2) is 22.2 Å². The van der Waals surface area contributed by atoms with Crippen LogP contribution in [0.1, 0.15) is 0 Å². The van der Waals surface area contributed by atoms with Gasteiger partial charge in [-0.3, -0.25) is 14.0 Å². The first-order chi connectivity index (χ1) is 6.77. The molecule has 3 heterocycles. The van der Waals surface area contributed by atoms with Crippen LogP contribution in [0, 0.1) is 0 Å². The van der Waals surface area contributed by atoms with Crippen molar-refractivity contribution < 1.29 is 0 Å². The van der Waals surface area contributed by atoms with Crippen LogP contribution in [-0.2, 0) is 0 Å². The Hall–Kier alpha value is -1.89. The minimum absolute atomic E-state index is 0.434. The maximum atomic E-state index is 11.4. The molecule has 0 radical (unpaired) electrons. The molecule has 0 unspecified atom stereocenters. The van der Waals surface area contributed by atoms with E-state index in [9.17, 15) is 9.59 Å². The molecule has 0 bridgehead atoms. The smallest absolute Gasteiger partial charge is 0.271 e. The Kier molecular flexibility index (Phi) is 1.25. The summed E-state index contributed by atoms with van der Waals surface area (Å²) in [4.78, 5) is 34.7. The molecule has 0 spiro atoms. The summed E-state index contributed by atoms with van der Waals surface area (Å²) in [7, 11) is 0. The van der Waals surface area contributed by atoms with Gasteiger partial charge in [0.2, 0.25) is 0 Å². The van der Waals surface area contributed by atoms with E-state index >= 15 is 0 Å². The van der Waals surface area contributed by atoms with Crippen molar-refractivity contribution in [3.63, 3.8) is 0 Å². The van der Waals surface area contributed by atoms with Crippen LogP contribution in [0.2, 0.25) is 0 Å². The molecule has 0 aliphatic heterocycles. The van der Waals surface area contributed by atoms with Crippen LogP contribution in [0.3, 0.4) is 0 Å². The van der Waals surface area contributed by atoms with Crippen LogP contribution in [0.4, 0.5) is 0 Å². The van der Waals surface area contributed by atoms with Gasteiger partial charge in [-0.05, 0) is 0 Å². The molecule has 0 aliphatic rings. The lowest BCUT2D eigenvalue weighted by atomic mass is 10.5. The molecule has 68 valence electrons. The van der Waals surface area contributed by atoms with Crippen molar-refractivity contribution in [2.45, 2.75) is 0 Å². The van der Waals surface area contributed by atoms with Gasteiger partial charge < -0.3 is 0 Å². The highest BCUT2D eigenvalue weighted by Crippen LogP contribution is 2.14. The Labute approximate surface area is 79.9 Å². The number of nitrogens with zero attached hydrogens (tertiary/aromatic N) is 4. The van der Waals surface area contributed by atoms with Gasteiger partial charge in [0.15, 0.2) is 5.65 Å². The molecule has 7 heteroatoms. The third-order valence-electron chi connectivity index (χ3n) is 1.89. The van der Waals surface area contributed by atoms with E-state index < -0.39 is 10.3 Å². The zero-order valence-corrected chi connectivity index (χ0v) is 7.48. The highest BCUT2D eigenvalue weighted by atomic mass is 32.1. The molecule has 3 aromatic rings. The molecular weight excluding hydrogens is 204 g/mol. The summed E-state index contributed by atoms with van der Waals surface area (Å²) in [5.74, 6) is 0. The van der Waals surface area contributed by atoms with E-state index in [4.69, 9.17) is 0 Å². The molecule has 0 N–H and O–H groups in total. The van der Waals surface area contributed by atoms with Gasteiger partial charge in [0, 0.05) is 0 Å². The Balaban J connectivity index is 2.85. The second kappa shape index (κ2) is 2.32. The zero-order valence-electron chi connectivity index (χ0n) is 6.67. The predicted octanol–water partition coefficient (Wildman–Crippen LogP) is -0.503. The van der Waals surface area contributed by atoms with Gasteiger partial charge in [0.25, 0.3) is 4.74 Å². The molecule has 0 fully saturated rings. The van der Waals surface area contributed by atoms with Crippen LogP contribution >= 0.6 is 11.3 Å². The van der Waals surface area contributed by atoms with Gasteiger partial charge >= 0.3 is 5.56 Å². The van der Waals surface area contributed by atoms with E-state index in [1.54, 1.807) is 0 Å². The van der Waals surface area contributed by atoms with E-state index in [0.29, 0.717) is 16.0 Å². The van der Waals surface area contributed by atoms with E-state index in [-0.39, 0.29) is 0 Å². The SMILES string of the molecule is O=c1sc2ncnc3ncn(c1=O)c32. The normalized spacial score (nSPS) is 11.4. The predicted molar refractivity (Wildman–Crippen MR) is 49.9 cm³/mol. The van der Waals surface area contributed by atoms with E-state index in [2.05, 4.69) is 15.0 Å². The fraction of sp³-hybridized carbons (Fsp3) is 0. The fourth-order valence-electron chi connectivity index (χ4n) is 1.29. The summed E-state index contributed by atoms with van der Waals surface area (Å²) >= 11 is 0.817. The molecule has 3 aromatic heterocycles. The summed E-state index contributed by atoms with van der Waals surface area (Å²) in [5.41, 5.74) is 0.352. The maximum absolute atomic E-state index is 11.4. The summed E-state index contributed by atoms with van der Waals surface area (Å²) in [5, 5.41) is 0. The van der Waals surface area contributed by atoms with E-state index in [0.717, 1.165) is 11.3 Å². The summed E-state index contributed by atoms with van der Waals surface area (Å²) < 4.78 is 0.638. The van der Waals surface area contributed by atoms with E-state index in [1.807, 2.05) is 0 Å². The fourth-order valence-corrected chi connectivity index (χ4v) is 2.04. The molecule has 6 nitrogen and oxygen atoms in total. The quantitative estimate of drug-likeness (QED) is 0.463. The zero-order chi connectivity index (χ0) is 9.71. The third kappa shape index (κ3) is 0.765. The lowest BCUT2D eigenvalue weighted by Crippen LogP contribution is -2.26. The van der Waals surface area contributed by atoms with Crippen molar-refractivity contribution >= 4 is 27.3 Å². The standard InChI is InChI=1S/C7H2N4O2S/c12-6-7(13)14-5-3-4(8-1-9-5)10-2-11(3)6/h1-2H. The van der Waals surface area contributed by atoms with Crippen molar-refractivity contribution in [3.8, 4) is 0 Å². The number of imidazole rings is 1. The largest absolute Gasteiger partial charge is 0.315 e. The average molecular weight is 206 g/mol. The van der Waals surface area contributed by atoms with Gasteiger partial charge in [-0.2, -0.15) is 0 Å². The highest BCUT2D eigenvalue weighted by molar-refractivity contribution is 7.15. The van der Waals surface area contributed by atoms with Gasteiger partial charge in [0.1, 0.15) is 23.0 Å². The van der Waals surface area contributed by atoms with Crippen molar-refractivity contribution in [3.05, 3.63) is 32.5 Å². The monoisotopic (exact) mass is 206 g/mol. The second-order valence-corrected chi connectivity index (χ2v) is 3.62. The van der Waals surface area contributed by atoms with Gasteiger partial charge in [0.05, 0.1) is 0 Å². The van der Waals surface area contributed by atoms with Gasteiger partial charge in [-0.15, -0.1) is 0 Å². The van der Waals surface area contributed by atoms with Crippen molar-refractivity contribution in [1.82, 2.24) is 19.4 Å². The first kappa shape index (κ1) is 7.51. The molecule has 0 aromatic carbocycles. The molecule has 0 saturated carbocycles. The lowest BCUT2D eigenvalue weighted by molar-refractivity contribution is 1.09. The number of hydrogen-bond donors (Lipinski definition) is 0. The second-order valence-electron chi connectivity index (χ2n) is 2.66. The Morgan fingerprint density at radius 2 is 2.07 bits per heavy atom. The minimum atomic E-state index is -0.597.